The summed E-state index contributed by atoms with van der Waals surface area (Å²) < 4.78 is 5.03. The zero-order chi connectivity index (χ0) is 13.4. The summed E-state index contributed by atoms with van der Waals surface area (Å²) in [5.74, 6) is -0.122. The number of aryl methyl sites for hydroxylation is 1. The van der Waals surface area contributed by atoms with Crippen LogP contribution in [0.25, 0.3) is 0 Å². The molecule has 1 aliphatic heterocycles. The zero-order valence-electron chi connectivity index (χ0n) is 11.0. The average Bonchev–Trinajstić information content (AvgIpc) is 3.17. The van der Waals surface area contributed by atoms with Gasteiger partial charge in [-0.05, 0) is 31.4 Å². The zero-order valence-corrected chi connectivity index (χ0v) is 11.0. The first kappa shape index (κ1) is 12.2. The average molecular weight is 259 g/mol. The fourth-order valence-electron chi connectivity index (χ4n) is 2.52. The molecule has 1 saturated carbocycles. The molecule has 100 valence electrons. The maximum absolute atomic E-state index is 12.5. The number of nitrogens with zero attached hydrogens (tertiary/aromatic N) is 1. The minimum absolute atomic E-state index is 0.0677. The van der Waals surface area contributed by atoms with Crippen LogP contribution in [0.5, 0.6) is 0 Å². The summed E-state index contributed by atoms with van der Waals surface area (Å²) >= 11 is 0. The van der Waals surface area contributed by atoms with Gasteiger partial charge in [0, 0.05) is 18.0 Å². The Hall–Kier alpha value is -1.84. The fraction of sp³-hybridized carbons (Fsp3) is 0.467. The highest BCUT2D eigenvalue weighted by Crippen LogP contribution is 2.36. The summed E-state index contributed by atoms with van der Waals surface area (Å²) in [6, 6.07) is 7.25. The van der Waals surface area contributed by atoms with Crippen LogP contribution >= 0.6 is 0 Å². The standard InChI is InChI=1S/C15H17NO3/c1-10-4-2-3-5-12(10)16(14(17)11-6-7-11)13-8-9-19-15(13)18/h2-5,11,13H,6-9H2,1H3. The Morgan fingerprint density at radius 3 is 2.58 bits per heavy atom. The Bertz CT molecular complexity index is 522. The summed E-state index contributed by atoms with van der Waals surface area (Å²) in [6.45, 7) is 2.37. The van der Waals surface area contributed by atoms with Crippen LogP contribution in [0.3, 0.4) is 0 Å². The Morgan fingerprint density at radius 1 is 1.26 bits per heavy atom. The normalized spacial score (nSPS) is 22.2. The molecule has 1 aliphatic carbocycles. The molecule has 0 radical (unpaired) electrons. The van der Waals surface area contributed by atoms with Crippen LogP contribution in [-0.4, -0.2) is 24.5 Å². The second-order valence-corrected chi connectivity index (χ2v) is 5.24. The Balaban J connectivity index is 1.98. The van der Waals surface area contributed by atoms with Crippen LogP contribution in [0.2, 0.25) is 0 Å². The van der Waals surface area contributed by atoms with Gasteiger partial charge in [-0.1, -0.05) is 18.2 Å². The molecule has 1 unspecified atom stereocenters. The number of para-hydroxylation sites is 1. The number of amides is 1. The predicted octanol–water partition coefficient (Wildman–Crippen LogP) is 2.05. The number of benzene rings is 1. The van der Waals surface area contributed by atoms with Gasteiger partial charge in [0.2, 0.25) is 5.91 Å². The molecular formula is C15H17NO3. The Labute approximate surface area is 112 Å². The molecule has 1 aromatic carbocycles. The number of hydrogen-bond donors (Lipinski definition) is 0. The van der Waals surface area contributed by atoms with Gasteiger partial charge >= 0.3 is 5.97 Å². The molecule has 0 bridgehead atoms. The van der Waals surface area contributed by atoms with Crippen molar-refractivity contribution in [2.24, 2.45) is 5.92 Å². The van der Waals surface area contributed by atoms with E-state index in [-0.39, 0.29) is 17.8 Å². The lowest BCUT2D eigenvalue weighted by molar-refractivity contribution is -0.140. The third-order valence-electron chi connectivity index (χ3n) is 3.76. The summed E-state index contributed by atoms with van der Waals surface area (Å²) in [7, 11) is 0. The van der Waals surface area contributed by atoms with Gasteiger partial charge in [0.05, 0.1) is 6.61 Å². The highest BCUT2D eigenvalue weighted by molar-refractivity contribution is 6.02. The first-order valence-electron chi connectivity index (χ1n) is 6.74. The highest BCUT2D eigenvalue weighted by atomic mass is 16.5. The van der Waals surface area contributed by atoms with E-state index < -0.39 is 6.04 Å². The maximum Gasteiger partial charge on any atom is 0.329 e. The highest BCUT2D eigenvalue weighted by Gasteiger charge is 2.42. The second-order valence-electron chi connectivity index (χ2n) is 5.24. The van der Waals surface area contributed by atoms with Crippen LogP contribution in [0.1, 0.15) is 24.8 Å². The first-order valence-corrected chi connectivity index (χ1v) is 6.74. The number of cyclic esters (lactones) is 1. The van der Waals surface area contributed by atoms with Crippen LogP contribution in [0, 0.1) is 12.8 Å². The molecule has 3 rings (SSSR count). The van der Waals surface area contributed by atoms with Crippen LogP contribution < -0.4 is 4.90 Å². The van der Waals surface area contributed by atoms with Crippen LogP contribution in [0.15, 0.2) is 24.3 Å². The van der Waals surface area contributed by atoms with Gasteiger partial charge in [0.25, 0.3) is 0 Å². The molecule has 19 heavy (non-hydrogen) atoms. The maximum atomic E-state index is 12.5. The van der Waals surface area contributed by atoms with Gasteiger partial charge in [-0.25, -0.2) is 4.79 Å². The van der Waals surface area contributed by atoms with Crippen molar-refractivity contribution in [3.8, 4) is 0 Å². The minimum atomic E-state index is -0.450. The number of carbonyl (C=O) groups is 2. The molecule has 1 saturated heterocycles. The lowest BCUT2D eigenvalue weighted by Gasteiger charge is -2.28. The second kappa shape index (κ2) is 4.68. The largest absolute Gasteiger partial charge is 0.464 e. The lowest BCUT2D eigenvalue weighted by atomic mass is 10.1. The third-order valence-corrected chi connectivity index (χ3v) is 3.76. The first-order chi connectivity index (χ1) is 9.18. The van der Waals surface area contributed by atoms with E-state index in [0.717, 1.165) is 24.1 Å². The molecule has 1 amide bonds. The molecular weight excluding hydrogens is 242 g/mol. The molecule has 1 atom stereocenters. The minimum Gasteiger partial charge on any atom is -0.464 e. The van der Waals surface area contributed by atoms with Crippen molar-refractivity contribution >= 4 is 17.6 Å². The van der Waals surface area contributed by atoms with Crippen molar-refractivity contribution in [2.45, 2.75) is 32.2 Å². The number of anilines is 1. The number of rotatable bonds is 3. The number of ether oxygens (including phenoxy) is 1. The van der Waals surface area contributed by atoms with Gasteiger partial charge in [0.1, 0.15) is 6.04 Å². The quantitative estimate of drug-likeness (QED) is 0.780. The van der Waals surface area contributed by atoms with E-state index in [1.165, 1.54) is 0 Å². The van der Waals surface area contributed by atoms with E-state index in [2.05, 4.69) is 0 Å². The van der Waals surface area contributed by atoms with Crippen LogP contribution in [0.4, 0.5) is 5.69 Å². The predicted molar refractivity (Wildman–Crippen MR) is 70.8 cm³/mol. The summed E-state index contributed by atoms with van der Waals surface area (Å²) in [5, 5.41) is 0. The van der Waals surface area contributed by atoms with E-state index in [1.807, 2.05) is 31.2 Å². The van der Waals surface area contributed by atoms with E-state index in [4.69, 9.17) is 4.74 Å². The molecule has 0 spiro atoms. The van der Waals surface area contributed by atoms with Crippen LogP contribution in [-0.2, 0) is 14.3 Å². The molecule has 4 nitrogen and oxygen atoms in total. The lowest BCUT2D eigenvalue weighted by Crippen LogP contribution is -2.44. The molecule has 1 heterocycles. The molecule has 0 aromatic heterocycles. The number of esters is 1. The molecule has 0 N–H and O–H groups in total. The van der Waals surface area contributed by atoms with Crippen molar-refractivity contribution < 1.29 is 14.3 Å². The van der Waals surface area contributed by atoms with Crippen molar-refractivity contribution in [1.29, 1.82) is 0 Å². The monoisotopic (exact) mass is 259 g/mol. The summed E-state index contributed by atoms with van der Waals surface area (Å²) in [5.41, 5.74) is 1.85. The van der Waals surface area contributed by atoms with E-state index in [0.29, 0.717) is 13.0 Å². The van der Waals surface area contributed by atoms with Crippen molar-refractivity contribution in [3.63, 3.8) is 0 Å². The number of hydrogen-bond acceptors (Lipinski definition) is 3. The Morgan fingerprint density at radius 2 is 2.00 bits per heavy atom. The number of carbonyl (C=O) groups excluding carboxylic acids is 2. The van der Waals surface area contributed by atoms with Gasteiger partial charge < -0.3 is 4.74 Å². The topological polar surface area (TPSA) is 46.6 Å². The van der Waals surface area contributed by atoms with E-state index in [9.17, 15) is 9.59 Å². The van der Waals surface area contributed by atoms with Gasteiger partial charge in [-0.15, -0.1) is 0 Å². The van der Waals surface area contributed by atoms with E-state index >= 15 is 0 Å². The van der Waals surface area contributed by atoms with Crippen molar-refractivity contribution in [2.75, 3.05) is 11.5 Å². The molecule has 2 aliphatic rings. The van der Waals surface area contributed by atoms with Gasteiger partial charge in [-0.3, -0.25) is 9.69 Å². The summed E-state index contributed by atoms with van der Waals surface area (Å²) in [6.07, 6.45) is 2.46. The van der Waals surface area contributed by atoms with Gasteiger partial charge in [-0.2, -0.15) is 0 Å². The third kappa shape index (κ3) is 2.23. The molecule has 4 heteroatoms. The SMILES string of the molecule is Cc1ccccc1N(C(=O)C1CC1)C1CCOC1=O. The molecule has 1 aromatic rings. The van der Waals surface area contributed by atoms with Gasteiger partial charge in [0.15, 0.2) is 0 Å². The van der Waals surface area contributed by atoms with E-state index in [1.54, 1.807) is 4.90 Å². The fourth-order valence-corrected chi connectivity index (χ4v) is 2.52. The summed E-state index contributed by atoms with van der Waals surface area (Å²) in [4.78, 5) is 26.0. The smallest absolute Gasteiger partial charge is 0.329 e. The molecule has 2 fully saturated rings. The Kier molecular flexibility index (Phi) is 3.01. The van der Waals surface area contributed by atoms with Crippen molar-refractivity contribution in [1.82, 2.24) is 0 Å². The van der Waals surface area contributed by atoms with Crippen molar-refractivity contribution in [3.05, 3.63) is 29.8 Å².